The molecule has 7 heteroatoms. The summed E-state index contributed by atoms with van der Waals surface area (Å²) >= 11 is 0. The van der Waals surface area contributed by atoms with E-state index in [0.717, 1.165) is 23.5 Å². The number of likely N-dealkylation sites (tertiary alicyclic amines) is 1. The summed E-state index contributed by atoms with van der Waals surface area (Å²) in [5.74, 6) is 0.836. The van der Waals surface area contributed by atoms with E-state index in [2.05, 4.69) is 10.2 Å². The zero-order chi connectivity index (χ0) is 20.4. The van der Waals surface area contributed by atoms with E-state index < -0.39 is 0 Å². The van der Waals surface area contributed by atoms with Gasteiger partial charge in [0.05, 0.1) is 19.2 Å². The molecule has 1 spiro atoms. The molecule has 4 rings (SSSR count). The number of hydrogen-bond acceptors (Lipinski definition) is 4. The smallest absolute Gasteiger partial charge is 0.321 e. The molecule has 2 aromatic carbocycles. The first-order valence-electron chi connectivity index (χ1n) is 9.77. The summed E-state index contributed by atoms with van der Waals surface area (Å²) in [6.45, 7) is 2.17. The van der Waals surface area contributed by atoms with E-state index in [4.69, 9.17) is 4.74 Å². The molecule has 7 nitrogen and oxygen atoms in total. The number of ether oxygens (including phenoxy) is 1. The van der Waals surface area contributed by atoms with Crippen molar-refractivity contribution >= 4 is 23.3 Å². The predicted octanol–water partition coefficient (Wildman–Crippen LogP) is 2.65. The number of carbonyl (C=O) groups excluding carboxylic acids is 2. The van der Waals surface area contributed by atoms with E-state index in [1.807, 2.05) is 71.4 Å². The molecule has 1 N–H and O–H groups in total. The number of urea groups is 1. The van der Waals surface area contributed by atoms with Gasteiger partial charge in [-0.15, -0.1) is 0 Å². The Bertz CT molecular complexity index is 887. The SMILES string of the molecule is COc1ccc(NC(=O)N2CC[C@@]3(C2)CN(c2ccccc2)C(=O)CN3C)cc1. The van der Waals surface area contributed by atoms with E-state index in [0.29, 0.717) is 26.2 Å². The lowest BCUT2D eigenvalue weighted by Crippen LogP contribution is -2.64. The van der Waals surface area contributed by atoms with Crippen LogP contribution in [-0.4, -0.2) is 67.6 Å². The Morgan fingerprint density at radius 1 is 1.07 bits per heavy atom. The maximum atomic E-state index is 12.8. The van der Waals surface area contributed by atoms with Crippen molar-refractivity contribution in [2.45, 2.75) is 12.0 Å². The largest absolute Gasteiger partial charge is 0.497 e. The number of piperazine rings is 1. The molecule has 2 aromatic rings. The molecule has 0 bridgehead atoms. The van der Waals surface area contributed by atoms with Gasteiger partial charge in [0.1, 0.15) is 5.75 Å². The van der Waals surface area contributed by atoms with E-state index in [1.54, 1.807) is 7.11 Å². The summed E-state index contributed by atoms with van der Waals surface area (Å²) in [5, 5.41) is 2.96. The summed E-state index contributed by atoms with van der Waals surface area (Å²) in [6, 6.07) is 16.9. The Labute approximate surface area is 170 Å². The zero-order valence-corrected chi connectivity index (χ0v) is 16.8. The van der Waals surface area contributed by atoms with Gasteiger partial charge in [-0.3, -0.25) is 9.69 Å². The number of nitrogens with one attached hydrogen (secondary N) is 1. The minimum atomic E-state index is -0.235. The molecule has 0 aliphatic carbocycles. The maximum Gasteiger partial charge on any atom is 0.321 e. The van der Waals surface area contributed by atoms with Gasteiger partial charge in [-0.05, 0) is 49.9 Å². The Morgan fingerprint density at radius 2 is 1.79 bits per heavy atom. The summed E-state index contributed by atoms with van der Waals surface area (Å²) in [7, 11) is 3.59. The van der Waals surface area contributed by atoms with Gasteiger partial charge in [0.15, 0.2) is 0 Å². The van der Waals surface area contributed by atoms with Gasteiger partial charge in [-0.25, -0.2) is 4.79 Å². The van der Waals surface area contributed by atoms with Crippen LogP contribution in [0.3, 0.4) is 0 Å². The molecule has 0 saturated carbocycles. The lowest BCUT2D eigenvalue weighted by Gasteiger charge is -2.46. The summed E-state index contributed by atoms with van der Waals surface area (Å²) in [5.41, 5.74) is 1.40. The van der Waals surface area contributed by atoms with Crippen LogP contribution in [0.4, 0.5) is 16.2 Å². The third kappa shape index (κ3) is 3.78. The fourth-order valence-corrected chi connectivity index (χ4v) is 4.15. The van der Waals surface area contributed by atoms with Gasteiger partial charge in [-0.2, -0.15) is 0 Å². The Balaban J connectivity index is 1.46. The number of likely N-dealkylation sites (N-methyl/N-ethyl adjacent to an activating group) is 1. The van der Waals surface area contributed by atoms with Crippen molar-refractivity contribution in [1.82, 2.24) is 9.80 Å². The van der Waals surface area contributed by atoms with Crippen LogP contribution in [-0.2, 0) is 4.79 Å². The highest BCUT2D eigenvalue weighted by molar-refractivity contribution is 5.96. The van der Waals surface area contributed by atoms with Crippen LogP contribution in [0.5, 0.6) is 5.75 Å². The van der Waals surface area contributed by atoms with E-state index in [-0.39, 0.29) is 17.5 Å². The van der Waals surface area contributed by atoms with Gasteiger partial charge >= 0.3 is 6.03 Å². The molecule has 0 radical (unpaired) electrons. The maximum absolute atomic E-state index is 12.8. The Morgan fingerprint density at radius 3 is 2.48 bits per heavy atom. The third-order valence-electron chi connectivity index (χ3n) is 5.96. The van der Waals surface area contributed by atoms with Gasteiger partial charge in [-0.1, -0.05) is 18.2 Å². The molecule has 2 aliphatic rings. The van der Waals surface area contributed by atoms with Crippen LogP contribution in [0.15, 0.2) is 54.6 Å². The number of amides is 3. The average molecular weight is 394 g/mol. The second kappa shape index (κ2) is 7.75. The van der Waals surface area contributed by atoms with E-state index in [9.17, 15) is 9.59 Å². The number of carbonyl (C=O) groups is 2. The minimum Gasteiger partial charge on any atom is -0.497 e. The first-order valence-corrected chi connectivity index (χ1v) is 9.77. The van der Waals surface area contributed by atoms with Crippen LogP contribution in [0, 0.1) is 0 Å². The summed E-state index contributed by atoms with van der Waals surface area (Å²) < 4.78 is 5.16. The fraction of sp³-hybridized carbons (Fsp3) is 0.364. The van der Waals surface area contributed by atoms with Gasteiger partial charge in [0.2, 0.25) is 5.91 Å². The number of nitrogens with zero attached hydrogens (tertiary/aromatic N) is 3. The molecule has 2 heterocycles. The van der Waals surface area contributed by atoms with Crippen molar-refractivity contribution in [3.63, 3.8) is 0 Å². The molecular weight excluding hydrogens is 368 g/mol. The lowest BCUT2D eigenvalue weighted by molar-refractivity contribution is -0.123. The second-order valence-corrected chi connectivity index (χ2v) is 7.73. The van der Waals surface area contributed by atoms with Gasteiger partial charge in [0.25, 0.3) is 0 Å². The number of hydrogen-bond donors (Lipinski definition) is 1. The van der Waals surface area contributed by atoms with Crippen LogP contribution >= 0.6 is 0 Å². The van der Waals surface area contributed by atoms with E-state index >= 15 is 0 Å². The van der Waals surface area contributed by atoms with Crippen LogP contribution < -0.4 is 15.0 Å². The molecule has 0 aromatic heterocycles. The van der Waals surface area contributed by atoms with Crippen molar-refractivity contribution in [1.29, 1.82) is 0 Å². The molecule has 152 valence electrons. The Kier molecular flexibility index (Phi) is 5.15. The molecule has 1 atom stereocenters. The number of para-hydroxylation sites is 1. The molecule has 2 fully saturated rings. The van der Waals surface area contributed by atoms with E-state index in [1.165, 1.54) is 0 Å². The van der Waals surface area contributed by atoms with Crippen molar-refractivity contribution < 1.29 is 14.3 Å². The van der Waals surface area contributed by atoms with Crippen LogP contribution in [0.2, 0.25) is 0 Å². The molecule has 0 unspecified atom stereocenters. The molecule has 2 aliphatic heterocycles. The number of anilines is 2. The highest BCUT2D eigenvalue weighted by Gasteiger charge is 2.48. The zero-order valence-electron chi connectivity index (χ0n) is 16.8. The normalized spacial score (nSPS) is 22.2. The number of benzene rings is 2. The topological polar surface area (TPSA) is 65.1 Å². The second-order valence-electron chi connectivity index (χ2n) is 7.73. The number of rotatable bonds is 3. The monoisotopic (exact) mass is 394 g/mol. The fourth-order valence-electron chi connectivity index (χ4n) is 4.15. The molecule has 29 heavy (non-hydrogen) atoms. The van der Waals surface area contributed by atoms with Crippen molar-refractivity contribution in [2.75, 3.05) is 50.6 Å². The Hall–Kier alpha value is -3.06. The average Bonchev–Trinajstić information content (AvgIpc) is 3.18. The predicted molar refractivity (Wildman–Crippen MR) is 112 cm³/mol. The first-order chi connectivity index (χ1) is 14.0. The number of methoxy groups -OCH3 is 1. The first kappa shape index (κ1) is 19.3. The standard InChI is InChI=1S/C22H26N4O3/c1-24-14-20(27)26(18-6-4-3-5-7-18)16-22(24)12-13-25(15-22)21(28)23-17-8-10-19(29-2)11-9-17/h3-11H,12-16H2,1-2H3,(H,23,28)/t22-/m1/s1. The lowest BCUT2D eigenvalue weighted by atomic mass is 9.92. The summed E-state index contributed by atoms with van der Waals surface area (Å²) in [4.78, 5) is 31.2. The minimum absolute atomic E-state index is 0.0884. The highest BCUT2D eigenvalue weighted by Crippen LogP contribution is 2.33. The third-order valence-corrected chi connectivity index (χ3v) is 5.96. The van der Waals surface area contributed by atoms with Crippen LogP contribution in [0.1, 0.15) is 6.42 Å². The molecular formula is C22H26N4O3. The molecule has 2 saturated heterocycles. The van der Waals surface area contributed by atoms with Crippen molar-refractivity contribution in [3.8, 4) is 5.75 Å². The quantitative estimate of drug-likeness (QED) is 0.869. The summed E-state index contributed by atoms with van der Waals surface area (Å²) in [6.07, 6.45) is 0.830. The van der Waals surface area contributed by atoms with Gasteiger partial charge in [0, 0.05) is 31.0 Å². The van der Waals surface area contributed by atoms with Crippen molar-refractivity contribution in [2.24, 2.45) is 0 Å². The van der Waals surface area contributed by atoms with Crippen molar-refractivity contribution in [3.05, 3.63) is 54.6 Å². The highest BCUT2D eigenvalue weighted by atomic mass is 16.5. The van der Waals surface area contributed by atoms with Gasteiger partial charge < -0.3 is 19.9 Å². The molecule has 3 amide bonds. The van der Waals surface area contributed by atoms with Crippen LogP contribution in [0.25, 0.3) is 0 Å².